The van der Waals surface area contributed by atoms with Crippen molar-refractivity contribution in [3.63, 3.8) is 0 Å². The Morgan fingerprint density at radius 3 is 2.91 bits per heavy atom. The largest absolute Gasteiger partial charge is 0.386 e. The molecule has 6 nitrogen and oxygen atoms in total. The molecule has 3 heterocycles. The van der Waals surface area contributed by atoms with Crippen LogP contribution in [0.15, 0.2) is 18.3 Å². The highest BCUT2D eigenvalue weighted by atomic mass is 35.5. The van der Waals surface area contributed by atoms with Crippen molar-refractivity contribution < 1.29 is 9.90 Å². The average Bonchev–Trinajstić information content (AvgIpc) is 3.24. The number of rotatable bonds is 3. The third-order valence-corrected chi connectivity index (χ3v) is 4.79. The van der Waals surface area contributed by atoms with E-state index in [2.05, 4.69) is 10.1 Å². The van der Waals surface area contributed by atoms with Crippen molar-refractivity contribution >= 4 is 17.5 Å². The molecule has 0 aromatic carbocycles. The van der Waals surface area contributed by atoms with Gasteiger partial charge < -0.3 is 15.0 Å². The van der Waals surface area contributed by atoms with Crippen LogP contribution >= 0.6 is 11.6 Å². The molecular formula is C16H19ClN4O2. The highest BCUT2D eigenvalue weighted by molar-refractivity contribution is 6.30. The Hall–Kier alpha value is -1.79. The van der Waals surface area contributed by atoms with Gasteiger partial charge in [0, 0.05) is 19.3 Å². The quantitative estimate of drug-likeness (QED) is 0.904. The van der Waals surface area contributed by atoms with Crippen LogP contribution in [0.2, 0.25) is 5.02 Å². The van der Waals surface area contributed by atoms with Crippen LogP contribution in [0.1, 0.15) is 47.2 Å². The van der Waals surface area contributed by atoms with E-state index in [4.69, 9.17) is 11.6 Å². The molecule has 1 amide bonds. The Kier molecular flexibility index (Phi) is 3.66. The lowest BCUT2D eigenvalue weighted by Gasteiger charge is -2.19. The number of aromatic amines is 1. The van der Waals surface area contributed by atoms with Crippen LogP contribution in [0.25, 0.3) is 0 Å². The summed E-state index contributed by atoms with van der Waals surface area (Å²) in [6.45, 7) is 1.95. The van der Waals surface area contributed by atoms with E-state index in [1.807, 2.05) is 10.7 Å². The molecule has 0 saturated heterocycles. The summed E-state index contributed by atoms with van der Waals surface area (Å²) in [4.78, 5) is 17.3. The predicted molar refractivity (Wildman–Crippen MR) is 85.1 cm³/mol. The molecule has 0 radical (unpaired) electrons. The number of amides is 1. The fourth-order valence-corrected chi connectivity index (χ4v) is 3.28. The second-order valence-electron chi connectivity index (χ2n) is 6.38. The number of carbonyl (C=O) groups excluding carboxylic acids is 1. The molecule has 1 saturated carbocycles. The van der Waals surface area contributed by atoms with Crippen LogP contribution in [0.5, 0.6) is 0 Å². The first-order valence-electron chi connectivity index (χ1n) is 7.99. The molecule has 1 fully saturated rings. The summed E-state index contributed by atoms with van der Waals surface area (Å²) < 4.78 is 1.93. The molecule has 2 aromatic heterocycles. The molecule has 0 spiro atoms. The molecule has 0 bridgehead atoms. The molecule has 1 unspecified atom stereocenters. The summed E-state index contributed by atoms with van der Waals surface area (Å²) >= 11 is 5.89. The Morgan fingerprint density at radius 1 is 1.39 bits per heavy atom. The monoisotopic (exact) mass is 334 g/mol. The first-order valence-corrected chi connectivity index (χ1v) is 8.37. The maximum Gasteiger partial charge on any atom is 0.270 e. The normalized spacial score (nSPS) is 19.3. The summed E-state index contributed by atoms with van der Waals surface area (Å²) in [5.41, 5.74) is 2.21. The van der Waals surface area contributed by atoms with Crippen LogP contribution < -0.4 is 0 Å². The predicted octanol–water partition coefficient (Wildman–Crippen LogP) is 2.35. The summed E-state index contributed by atoms with van der Waals surface area (Å²) in [5, 5.41) is 15.3. The third-order valence-electron chi connectivity index (χ3n) is 4.57. The van der Waals surface area contributed by atoms with Gasteiger partial charge in [-0.3, -0.25) is 9.48 Å². The zero-order valence-corrected chi connectivity index (χ0v) is 13.5. The highest BCUT2D eigenvalue weighted by Crippen LogP contribution is 2.40. The van der Waals surface area contributed by atoms with Crippen LogP contribution in [0.3, 0.4) is 0 Å². The molecule has 1 atom stereocenters. The summed E-state index contributed by atoms with van der Waals surface area (Å²) in [7, 11) is 0. The van der Waals surface area contributed by atoms with Gasteiger partial charge in [0.05, 0.1) is 23.0 Å². The van der Waals surface area contributed by atoms with Crippen molar-refractivity contribution in [1.82, 2.24) is 19.7 Å². The lowest BCUT2D eigenvalue weighted by atomic mass is 10.1. The Balaban J connectivity index is 1.55. The summed E-state index contributed by atoms with van der Waals surface area (Å²) in [6, 6.07) is 3.59. The van der Waals surface area contributed by atoms with Crippen LogP contribution in [-0.4, -0.2) is 37.2 Å². The second-order valence-corrected chi connectivity index (χ2v) is 6.81. The van der Waals surface area contributed by atoms with E-state index in [1.165, 1.54) is 0 Å². The van der Waals surface area contributed by atoms with Gasteiger partial charge in [-0.05, 0) is 37.3 Å². The topological polar surface area (TPSA) is 74.2 Å². The molecule has 2 N–H and O–H groups in total. The smallest absolute Gasteiger partial charge is 0.270 e. The number of carbonyl (C=O) groups is 1. The van der Waals surface area contributed by atoms with Crippen LogP contribution in [0, 0.1) is 5.92 Å². The van der Waals surface area contributed by atoms with Gasteiger partial charge in [-0.25, -0.2) is 0 Å². The third kappa shape index (κ3) is 2.88. The number of aliphatic hydroxyl groups is 1. The minimum Gasteiger partial charge on any atom is -0.386 e. The molecule has 1 aliphatic carbocycles. The lowest BCUT2D eigenvalue weighted by molar-refractivity contribution is 0.0740. The van der Waals surface area contributed by atoms with E-state index in [0.717, 1.165) is 37.2 Å². The van der Waals surface area contributed by atoms with Gasteiger partial charge in [-0.2, -0.15) is 5.10 Å². The van der Waals surface area contributed by atoms with E-state index in [0.29, 0.717) is 29.7 Å². The zero-order valence-electron chi connectivity index (χ0n) is 12.7. The van der Waals surface area contributed by atoms with Gasteiger partial charge in [-0.1, -0.05) is 11.6 Å². The highest BCUT2D eigenvalue weighted by Gasteiger charge is 2.33. The number of aryl methyl sites for hydroxylation is 1. The zero-order chi connectivity index (χ0) is 16.0. The van der Waals surface area contributed by atoms with E-state index in [9.17, 15) is 9.90 Å². The SMILES string of the molecule is O=C(c1cc(Cl)c[nH]1)N1CCCn2nc(C(O)C3CC3)cc2C1. The first kappa shape index (κ1) is 14.8. The lowest BCUT2D eigenvalue weighted by Crippen LogP contribution is -2.30. The Labute approximate surface area is 139 Å². The number of halogens is 1. The molecular weight excluding hydrogens is 316 g/mol. The van der Waals surface area contributed by atoms with Gasteiger partial charge in [0.1, 0.15) is 11.8 Å². The number of nitrogens with one attached hydrogen (secondary N) is 1. The van der Waals surface area contributed by atoms with E-state index in [1.54, 1.807) is 17.2 Å². The molecule has 2 aliphatic rings. The Morgan fingerprint density at radius 2 is 2.22 bits per heavy atom. The fraction of sp³-hybridized carbons (Fsp3) is 0.500. The molecule has 1 aliphatic heterocycles. The van der Waals surface area contributed by atoms with Crippen molar-refractivity contribution in [1.29, 1.82) is 0 Å². The molecule has 122 valence electrons. The Bertz CT molecular complexity index is 734. The minimum absolute atomic E-state index is 0.0594. The molecule has 7 heteroatoms. The first-order chi connectivity index (χ1) is 11.1. The van der Waals surface area contributed by atoms with Gasteiger partial charge in [0.15, 0.2) is 0 Å². The van der Waals surface area contributed by atoms with E-state index in [-0.39, 0.29) is 5.91 Å². The standard InChI is InChI=1S/C16H19ClN4O2/c17-11-6-14(18-8-11)16(23)20-4-1-5-21-12(9-20)7-13(19-21)15(22)10-2-3-10/h6-8,10,15,18,22H,1-5,9H2. The van der Waals surface area contributed by atoms with Gasteiger partial charge in [-0.15, -0.1) is 0 Å². The minimum atomic E-state index is -0.471. The van der Waals surface area contributed by atoms with Crippen molar-refractivity contribution in [2.24, 2.45) is 5.92 Å². The maximum absolute atomic E-state index is 12.6. The van der Waals surface area contributed by atoms with Gasteiger partial charge in [0.25, 0.3) is 5.91 Å². The number of hydrogen-bond donors (Lipinski definition) is 2. The number of aromatic nitrogens is 3. The molecule has 4 rings (SSSR count). The van der Waals surface area contributed by atoms with Crippen molar-refractivity contribution in [2.75, 3.05) is 6.54 Å². The molecule has 2 aromatic rings. The fourth-order valence-electron chi connectivity index (χ4n) is 3.12. The molecule has 23 heavy (non-hydrogen) atoms. The number of nitrogens with zero attached hydrogens (tertiary/aromatic N) is 3. The average molecular weight is 335 g/mol. The number of aliphatic hydroxyl groups excluding tert-OH is 1. The van der Waals surface area contributed by atoms with Crippen molar-refractivity contribution in [2.45, 2.75) is 38.5 Å². The second kappa shape index (κ2) is 5.69. The summed E-state index contributed by atoms with van der Waals surface area (Å²) in [5.74, 6) is 0.295. The van der Waals surface area contributed by atoms with Crippen molar-refractivity contribution in [3.05, 3.63) is 40.4 Å². The number of H-pyrrole nitrogens is 1. The van der Waals surface area contributed by atoms with Crippen LogP contribution in [0.4, 0.5) is 0 Å². The number of fused-ring (bicyclic) bond motifs is 1. The van der Waals surface area contributed by atoms with Gasteiger partial charge >= 0.3 is 0 Å². The maximum atomic E-state index is 12.6. The van der Waals surface area contributed by atoms with Crippen LogP contribution in [-0.2, 0) is 13.1 Å². The number of hydrogen-bond acceptors (Lipinski definition) is 3. The van der Waals surface area contributed by atoms with E-state index < -0.39 is 6.10 Å². The summed E-state index contributed by atoms with van der Waals surface area (Å²) in [6.07, 6.45) is 4.12. The van der Waals surface area contributed by atoms with E-state index >= 15 is 0 Å². The van der Waals surface area contributed by atoms with Gasteiger partial charge in [0.2, 0.25) is 0 Å². The van der Waals surface area contributed by atoms with Crippen molar-refractivity contribution in [3.8, 4) is 0 Å².